The minimum Gasteiger partial charge on any atom is -0.326 e. The van der Waals surface area contributed by atoms with E-state index in [1.165, 1.54) is 21.3 Å². The highest BCUT2D eigenvalue weighted by Crippen LogP contribution is 2.27. The third-order valence-corrected chi connectivity index (χ3v) is 3.83. The molecule has 0 spiro atoms. The summed E-state index contributed by atoms with van der Waals surface area (Å²) in [5, 5.41) is 0. The van der Waals surface area contributed by atoms with Crippen molar-refractivity contribution in [2.75, 3.05) is 5.75 Å². The van der Waals surface area contributed by atoms with Gasteiger partial charge in [0.05, 0.1) is 4.21 Å². The number of rotatable bonds is 4. The van der Waals surface area contributed by atoms with E-state index in [4.69, 9.17) is 5.73 Å². The number of thiophene rings is 1. The predicted molar refractivity (Wildman–Crippen MR) is 53.2 cm³/mol. The minimum absolute atomic E-state index is 0.678. The molecular formula is C8H13NS2. The van der Waals surface area contributed by atoms with Crippen LogP contribution in [0.3, 0.4) is 0 Å². The molecule has 0 aromatic carbocycles. The monoisotopic (exact) mass is 187 g/mol. The first-order valence-electron chi connectivity index (χ1n) is 3.78. The number of thioether (sulfide) groups is 1. The number of nitrogens with two attached hydrogens (primary N) is 1. The summed E-state index contributed by atoms with van der Waals surface area (Å²) in [5.41, 5.74) is 5.49. The highest BCUT2D eigenvalue weighted by Gasteiger charge is 1.97. The minimum atomic E-state index is 0.678. The Morgan fingerprint density at radius 2 is 2.36 bits per heavy atom. The van der Waals surface area contributed by atoms with Gasteiger partial charge in [-0.3, -0.25) is 0 Å². The maximum Gasteiger partial charge on any atom is 0.0601 e. The zero-order valence-corrected chi connectivity index (χ0v) is 8.30. The van der Waals surface area contributed by atoms with E-state index >= 15 is 0 Å². The first kappa shape index (κ1) is 9.10. The zero-order valence-electron chi connectivity index (χ0n) is 6.67. The first-order valence-corrected chi connectivity index (χ1v) is 5.58. The van der Waals surface area contributed by atoms with Crippen LogP contribution in [-0.4, -0.2) is 5.75 Å². The molecule has 0 aliphatic heterocycles. The third kappa shape index (κ3) is 2.85. The van der Waals surface area contributed by atoms with E-state index in [1.54, 1.807) is 0 Å². The van der Waals surface area contributed by atoms with Crippen molar-refractivity contribution in [1.82, 2.24) is 0 Å². The van der Waals surface area contributed by atoms with Crippen LogP contribution in [0.2, 0.25) is 0 Å². The summed E-state index contributed by atoms with van der Waals surface area (Å²) in [6.45, 7) is 2.88. The van der Waals surface area contributed by atoms with Gasteiger partial charge in [-0.1, -0.05) is 6.92 Å². The van der Waals surface area contributed by atoms with Crippen molar-refractivity contribution < 1.29 is 0 Å². The van der Waals surface area contributed by atoms with Crippen LogP contribution in [0.15, 0.2) is 16.3 Å². The largest absolute Gasteiger partial charge is 0.326 e. The summed E-state index contributed by atoms with van der Waals surface area (Å²) < 4.78 is 1.40. The molecule has 0 unspecified atom stereocenters. The van der Waals surface area contributed by atoms with Crippen molar-refractivity contribution in [3.63, 3.8) is 0 Å². The van der Waals surface area contributed by atoms with Crippen LogP contribution in [0.1, 0.15) is 18.2 Å². The molecule has 1 nitrogen and oxygen atoms in total. The Kier molecular flexibility index (Phi) is 3.97. The van der Waals surface area contributed by atoms with Gasteiger partial charge in [0.2, 0.25) is 0 Å². The van der Waals surface area contributed by atoms with E-state index in [1.807, 2.05) is 23.1 Å². The summed E-state index contributed by atoms with van der Waals surface area (Å²) in [6, 6.07) is 4.27. The zero-order chi connectivity index (χ0) is 8.10. The Hall–Kier alpha value is 0.01000. The van der Waals surface area contributed by atoms with E-state index in [9.17, 15) is 0 Å². The SMILES string of the molecule is CCCSc1ccc(CN)s1. The fraction of sp³-hybridized carbons (Fsp3) is 0.500. The molecule has 0 radical (unpaired) electrons. The van der Waals surface area contributed by atoms with Crippen molar-refractivity contribution in [3.8, 4) is 0 Å². The Morgan fingerprint density at radius 3 is 2.91 bits per heavy atom. The molecule has 62 valence electrons. The van der Waals surface area contributed by atoms with Gasteiger partial charge >= 0.3 is 0 Å². The Labute approximate surface area is 76.0 Å². The second-order valence-electron chi connectivity index (χ2n) is 2.27. The van der Waals surface area contributed by atoms with E-state index in [-0.39, 0.29) is 0 Å². The summed E-state index contributed by atoms with van der Waals surface area (Å²) in [7, 11) is 0. The Morgan fingerprint density at radius 1 is 1.55 bits per heavy atom. The van der Waals surface area contributed by atoms with E-state index in [2.05, 4.69) is 19.1 Å². The van der Waals surface area contributed by atoms with Crippen LogP contribution >= 0.6 is 23.1 Å². The van der Waals surface area contributed by atoms with Crippen LogP contribution in [0.5, 0.6) is 0 Å². The second-order valence-corrected chi connectivity index (χ2v) is 4.84. The summed E-state index contributed by atoms with van der Waals surface area (Å²) in [6.07, 6.45) is 1.24. The van der Waals surface area contributed by atoms with Crippen molar-refractivity contribution in [2.24, 2.45) is 5.73 Å². The molecule has 1 aromatic heterocycles. The molecular weight excluding hydrogens is 174 g/mol. The highest BCUT2D eigenvalue weighted by atomic mass is 32.2. The van der Waals surface area contributed by atoms with Crippen molar-refractivity contribution >= 4 is 23.1 Å². The molecule has 11 heavy (non-hydrogen) atoms. The van der Waals surface area contributed by atoms with Gasteiger partial charge in [0.15, 0.2) is 0 Å². The maximum atomic E-state index is 5.49. The molecule has 2 N–H and O–H groups in total. The maximum absolute atomic E-state index is 5.49. The van der Waals surface area contributed by atoms with Gasteiger partial charge < -0.3 is 5.73 Å². The summed E-state index contributed by atoms with van der Waals surface area (Å²) >= 11 is 3.73. The van der Waals surface area contributed by atoms with Gasteiger partial charge in [-0.05, 0) is 24.3 Å². The molecule has 1 heterocycles. The number of hydrogen-bond acceptors (Lipinski definition) is 3. The fourth-order valence-electron chi connectivity index (χ4n) is 0.748. The topological polar surface area (TPSA) is 26.0 Å². The third-order valence-electron chi connectivity index (χ3n) is 1.29. The lowest BCUT2D eigenvalue weighted by atomic mass is 10.5. The fourth-order valence-corrected chi connectivity index (χ4v) is 2.74. The van der Waals surface area contributed by atoms with E-state index < -0.39 is 0 Å². The van der Waals surface area contributed by atoms with Gasteiger partial charge in [-0.25, -0.2) is 0 Å². The summed E-state index contributed by atoms with van der Waals surface area (Å²) in [4.78, 5) is 1.28. The number of hydrogen-bond donors (Lipinski definition) is 1. The standard InChI is InChI=1S/C8H13NS2/c1-2-5-10-8-4-3-7(6-9)11-8/h3-4H,2,5-6,9H2,1H3. The van der Waals surface area contributed by atoms with Crippen LogP contribution < -0.4 is 5.73 Å². The van der Waals surface area contributed by atoms with Crippen molar-refractivity contribution in [1.29, 1.82) is 0 Å². The Balaban J connectivity index is 2.44. The quantitative estimate of drug-likeness (QED) is 0.733. The van der Waals surface area contributed by atoms with Gasteiger partial charge in [-0.2, -0.15) is 0 Å². The first-order chi connectivity index (χ1) is 5.36. The lowest BCUT2D eigenvalue weighted by Crippen LogP contribution is -1.90. The lowest BCUT2D eigenvalue weighted by Gasteiger charge is -1.91. The molecule has 1 rings (SSSR count). The molecule has 0 fully saturated rings. The van der Waals surface area contributed by atoms with Crippen LogP contribution in [0.4, 0.5) is 0 Å². The molecule has 0 saturated heterocycles. The van der Waals surface area contributed by atoms with E-state index in [0.717, 1.165) is 0 Å². The summed E-state index contributed by atoms with van der Waals surface area (Å²) in [5.74, 6) is 1.21. The van der Waals surface area contributed by atoms with Gasteiger partial charge in [0.25, 0.3) is 0 Å². The van der Waals surface area contributed by atoms with Crippen LogP contribution in [0.25, 0.3) is 0 Å². The average molecular weight is 187 g/mol. The second kappa shape index (κ2) is 4.80. The van der Waals surface area contributed by atoms with Crippen LogP contribution in [0, 0.1) is 0 Å². The molecule has 0 amide bonds. The highest BCUT2D eigenvalue weighted by molar-refractivity contribution is 8.01. The lowest BCUT2D eigenvalue weighted by molar-refractivity contribution is 1.11. The van der Waals surface area contributed by atoms with Gasteiger partial charge in [0, 0.05) is 11.4 Å². The molecule has 3 heteroatoms. The van der Waals surface area contributed by atoms with Gasteiger partial charge in [-0.15, -0.1) is 23.1 Å². The molecule has 0 bridgehead atoms. The smallest absolute Gasteiger partial charge is 0.0601 e. The molecule has 0 atom stereocenters. The van der Waals surface area contributed by atoms with Gasteiger partial charge in [0.1, 0.15) is 0 Å². The molecule has 0 saturated carbocycles. The average Bonchev–Trinajstić information content (AvgIpc) is 2.48. The molecule has 0 aliphatic rings. The predicted octanol–water partition coefficient (Wildman–Crippen LogP) is 2.71. The molecule has 1 aromatic rings. The molecule has 0 aliphatic carbocycles. The van der Waals surface area contributed by atoms with E-state index in [0.29, 0.717) is 6.54 Å². The Bertz CT molecular complexity index is 208. The van der Waals surface area contributed by atoms with Crippen molar-refractivity contribution in [2.45, 2.75) is 24.1 Å². The van der Waals surface area contributed by atoms with Crippen molar-refractivity contribution in [3.05, 3.63) is 17.0 Å². The normalized spacial score (nSPS) is 10.4. The van der Waals surface area contributed by atoms with Crippen LogP contribution in [-0.2, 0) is 6.54 Å².